The predicted molar refractivity (Wildman–Crippen MR) is 79.5 cm³/mol. The minimum atomic E-state index is -1.10. The van der Waals surface area contributed by atoms with Crippen LogP contribution in [0.1, 0.15) is 45.2 Å². The number of hydrogen-bond donors (Lipinski definition) is 0. The van der Waals surface area contributed by atoms with Gasteiger partial charge in [0.2, 0.25) is 0 Å². The first-order valence-electron chi connectivity index (χ1n) is 6.86. The number of benzene rings is 1. The molecule has 1 aliphatic rings. The van der Waals surface area contributed by atoms with Crippen molar-refractivity contribution in [1.82, 2.24) is 4.31 Å². The predicted octanol–water partition coefficient (Wildman–Crippen LogP) is 3.43. The molecule has 0 radical (unpaired) electrons. The zero-order valence-corrected chi connectivity index (χ0v) is 13.3. The Bertz CT molecular complexity index is 475. The van der Waals surface area contributed by atoms with Crippen LogP contribution in [0.25, 0.3) is 0 Å². The minimum absolute atomic E-state index is 0.0410. The summed E-state index contributed by atoms with van der Waals surface area (Å²) in [5, 5.41) is 0. The zero-order chi connectivity index (χ0) is 14.9. The van der Waals surface area contributed by atoms with E-state index in [4.69, 9.17) is 4.74 Å². The van der Waals surface area contributed by atoms with Gasteiger partial charge in [0.1, 0.15) is 16.3 Å². The van der Waals surface area contributed by atoms with Gasteiger partial charge in [-0.15, -0.1) is 4.31 Å². The molecule has 112 valence electrons. The third-order valence-electron chi connectivity index (χ3n) is 3.49. The van der Waals surface area contributed by atoms with Crippen LogP contribution in [0, 0.1) is 5.82 Å². The molecule has 0 amide bonds. The van der Waals surface area contributed by atoms with Crippen LogP contribution in [-0.4, -0.2) is 27.3 Å². The highest BCUT2D eigenvalue weighted by Gasteiger charge is 2.42. The highest BCUT2D eigenvalue weighted by molar-refractivity contribution is 7.90. The molecule has 20 heavy (non-hydrogen) atoms. The maximum Gasteiger partial charge on any atom is 0.137 e. The third-order valence-corrected chi connectivity index (χ3v) is 5.40. The molecule has 0 spiro atoms. The van der Waals surface area contributed by atoms with Crippen molar-refractivity contribution in [2.75, 3.05) is 13.7 Å². The molecular formula is C15H22FNO2S. The lowest BCUT2D eigenvalue weighted by atomic mass is 10.0. The largest absolute Gasteiger partial charge is 0.597 e. The first kappa shape index (κ1) is 15.6. The summed E-state index contributed by atoms with van der Waals surface area (Å²) in [6.45, 7) is 6.65. The SMILES string of the molecule is COc1ccc(F)cc1C1CCCN1[S+]([O-])C(C)(C)C. The van der Waals surface area contributed by atoms with Crippen molar-refractivity contribution in [3.63, 3.8) is 0 Å². The van der Waals surface area contributed by atoms with E-state index in [9.17, 15) is 8.94 Å². The van der Waals surface area contributed by atoms with Crippen molar-refractivity contribution in [2.24, 2.45) is 0 Å². The lowest BCUT2D eigenvalue weighted by Crippen LogP contribution is -2.42. The fourth-order valence-corrected chi connectivity index (χ4v) is 4.02. The van der Waals surface area contributed by atoms with E-state index in [-0.39, 0.29) is 16.6 Å². The Labute approximate surface area is 123 Å². The summed E-state index contributed by atoms with van der Waals surface area (Å²) in [6, 6.07) is 4.49. The van der Waals surface area contributed by atoms with E-state index in [1.54, 1.807) is 13.2 Å². The second-order valence-electron chi connectivity index (χ2n) is 6.05. The van der Waals surface area contributed by atoms with Gasteiger partial charge in [0.25, 0.3) is 0 Å². The van der Waals surface area contributed by atoms with Crippen LogP contribution in [0.3, 0.4) is 0 Å². The molecule has 2 unspecified atom stereocenters. The van der Waals surface area contributed by atoms with Gasteiger partial charge in [-0.25, -0.2) is 4.39 Å². The van der Waals surface area contributed by atoms with Crippen molar-refractivity contribution in [3.05, 3.63) is 29.6 Å². The maximum absolute atomic E-state index is 13.5. The molecule has 1 saturated heterocycles. The van der Waals surface area contributed by atoms with E-state index in [2.05, 4.69) is 0 Å². The first-order valence-corrected chi connectivity index (χ1v) is 7.97. The standard InChI is InChI=1S/C15H22FNO2S/c1-15(2,3)20(18)17-9-5-6-13(17)12-10-11(16)7-8-14(12)19-4/h7-8,10,13H,5-6,9H2,1-4H3. The topological polar surface area (TPSA) is 35.5 Å². The lowest BCUT2D eigenvalue weighted by molar-refractivity contribution is 0.356. The number of ether oxygens (including phenoxy) is 1. The smallest absolute Gasteiger partial charge is 0.137 e. The molecule has 0 N–H and O–H groups in total. The minimum Gasteiger partial charge on any atom is -0.597 e. The van der Waals surface area contributed by atoms with Crippen molar-refractivity contribution in [2.45, 2.75) is 44.4 Å². The van der Waals surface area contributed by atoms with Gasteiger partial charge in [-0.05, 0) is 51.8 Å². The summed E-state index contributed by atoms with van der Waals surface area (Å²) in [7, 11) is 1.58. The Kier molecular flexibility index (Phi) is 4.62. The van der Waals surface area contributed by atoms with E-state index in [1.807, 2.05) is 25.1 Å². The molecule has 1 aromatic rings. The van der Waals surface area contributed by atoms with Gasteiger partial charge in [0.05, 0.1) is 13.2 Å². The molecule has 1 fully saturated rings. The Hall–Kier alpha value is -0.780. The highest BCUT2D eigenvalue weighted by atomic mass is 32.2. The molecule has 0 saturated carbocycles. The molecule has 2 atom stereocenters. The lowest BCUT2D eigenvalue weighted by Gasteiger charge is -2.34. The average molecular weight is 299 g/mol. The fraction of sp³-hybridized carbons (Fsp3) is 0.600. The van der Waals surface area contributed by atoms with E-state index in [0.717, 1.165) is 24.9 Å². The Morgan fingerprint density at radius 3 is 2.70 bits per heavy atom. The number of methoxy groups -OCH3 is 1. The molecule has 3 nitrogen and oxygen atoms in total. The summed E-state index contributed by atoms with van der Waals surface area (Å²) < 4.78 is 33.2. The van der Waals surface area contributed by atoms with E-state index in [1.165, 1.54) is 12.1 Å². The molecule has 2 rings (SSSR count). The number of nitrogens with zero attached hydrogens (tertiary/aromatic N) is 1. The van der Waals surface area contributed by atoms with Gasteiger partial charge < -0.3 is 9.29 Å². The summed E-state index contributed by atoms with van der Waals surface area (Å²) in [5.74, 6) is 0.378. The molecule has 5 heteroatoms. The molecule has 0 bridgehead atoms. The van der Waals surface area contributed by atoms with Crippen LogP contribution in [0.5, 0.6) is 5.75 Å². The average Bonchev–Trinajstić information content (AvgIpc) is 2.85. The molecular weight excluding hydrogens is 277 g/mol. The van der Waals surface area contributed by atoms with Gasteiger partial charge in [-0.3, -0.25) is 0 Å². The normalized spacial score (nSPS) is 22.0. The van der Waals surface area contributed by atoms with Gasteiger partial charge in [0.15, 0.2) is 0 Å². The number of hydrogen-bond acceptors (Lipinski definition) is 3. The first-order chi connectivity index (χ1) is 9.34. The summed E-state index contributed by atoms with van der Waals surface area (Å²) in [4.78, 5) is 0. The van der Waals surface area contributed by atoms with Crippen molar-refractivity contribution < 1.29 is 13.7 Å². The molecule has 1 heterocycles. The zero-order valence-electron chi connectivity index (χ0n) is 12.5. The van der Waals surface area contributed by atoms with Crippen LogP contribution in [0.2, 0.25) is 0 Å². The quantitative estimate of drug-likeness (QED) is 0.802. The van der Waals surface area contributed by atoms with Crippen LogP contribution in [-0.2, 0) is 11.4 Å². The van der Waals surface area contributed by atoms with Crippen LogP contribution in [0.15, 0.2) is 18.2 Å². The van der Waals surface area contributed by atoms with Gasteiger partial charge in [-0.2, -0.15) is 0 Å². The van der Waals surface area contributed by atoms with Gasteiger partial charge in [0, 0.05) is 23.5 Å². The van der Waals surface area contributed by atoms with Gasteiger partial charge in [-0.1, -0.05) is 0 Å². The number of rotatable bonds is 3. The van der Waals surface area contributed by atoms with Gasteiger partial charge >= 0.3 is 0 Å². The maximum atomic E-state index is 13.5. The summed E-state index contributed by atoms with van der Waals surface area (Å²) in [5.41, 5.74) is 0.794. The van der Waals surface area contributed by atoms with E-state index >= 15 is 0 Å². The van der Waals surface area contributed by atoms with Crippen LogP contribution >= 0.6 is 0 Å². The number of halogens is 1. The fourth-order valence-electron chi connectivity index (χ4n) is 2.57. The monoisotopic (exact) mass is 299 g/mol. The highest BCUT2D eigenvalue weighted by Crippen LogP contribution is 2.41. The molecule has 0 aromatic heterocycles. The summed E-state index contributed by atoms with van der Waals surface area (Å²) >= 11 is -1.10. The van der Waals surface area contributed by atoms with Crippen molar-refractivity contribution in [3.8, 4) is 5.75 Å². The Morgan fingerprint density at radius 2 is 2.10 bits per heavy atom. The molecule has 0 aliphatic carbocycles. The van der Waals surface area contributed by atoms with E-state index in [0.29, 0.717) is 5.75 Å². The Morgan fingerprint density at radius 1 is 1.40 bits per heavy atom. The second kappa shape index (κ2) is 5.92. The Balaban J connectivity index is 2.34. The van der Waals surface area contributed by atoms with E-state index < -0.39 is 11.4 Å². The van der Waals surface area contributed by atoms with Crippen LogP contribution < -0.4 is 4.74 Å². The van der Waals surface area contributed by atoms with Crippen LogP contribution in [0.4, 0.5) is 4.39 Å². The second-order valence-corrected chi connectivity index (χ2v) is 8.24. The third kappa shape index (κ3) is 3.10. The van der Waals surface area contributed by atoms with Crippen molar-refractivity contribution in [1.29, 1.82) is 0 Å². The van der Waals surface area contributed by atoms with Crippen molar-refractivity contribution >= 4 is 11.4 Å². The molecule has 1 aliphatic heterocycles. The molecule has 1 aromatic carbocycles. The summed E-state index contributed by atoms with van der Waals surface area (Å²) in [6.07, 6.45) is 1.84.